The van der Waals surface area contributed by atoms with Crippen LogP contribution in [0.1, 0.15) is 15.9 Å². The van der Waals surface area contributed by atoms with Crippen molar-refractivity contribution in [1.82, 2.24) is 15.5 Å². The van der Waals surface area contributed by atoms with Crippen LogP contribution < -0.4 is 10.6 Å². The predicted molar refractivity (Wildman–Crippen MR) is 89.1 cm³/mol. The van der Waals surface area contributed by atoms with E-state index in [0.29, 0.717) is 12.1 Å². The summed E-state index contributed by atoms with van der Waals surface area (Å²) in [6, 6.07) is 7.54. The molecule has 1 aromatic carbocycles. The molecule has 0 atom stereocenters. The van der Waals surface area contributed by atoms with Gasteiger partial charge in [0.25, 0.3) is 5.91 Å². The number of rotatable bonds is 3. The van der Waals surface area contributed by atoms with Crippen LogP contribution in [0.3, 0.4) is 0 Å². The average molecular weight is 376 g/mol. The van der Waals surface area contributed by atoms with Crippen LogP contribution in [-0.2, 0) is 6.54 Å². The number of guanidine groups is 1. The number of aliphatic imine (C=N–C) groups is 1. The highest BCUT2D eigenvalue weighted by molar-refractivity contribution is 14.0. The third-order valence-electron chi connectivity index (χ3n) is 2.53. The summed E-state index contributed by atoms with van der Waals surface area (Å²) >= 11 is 0. The van der Waals surface area contributed by atoms with Gasteiger partial charge in [-0.3, -0.25) is 9.79 Å². The minimum Gasteiger partial charge on any atom is -0.359 e. The molecule has 0 radical (unpaired) electrons. The van der Waals surface area contributed by atoms with Crippen molar-refractivity contribution in [3.8, 4) is 0 Å². The fourth-order valence-electron chi connectivity index (χ4n) is 1.49. The van der Waals surface area contributed by atoms with Crippen LogP contribution in [0.2, 0.25) is 0 Å². The maximum absolute atomic E-state index is 11.7. The van der Waals surface area contributed by atoms with E-state index in [1.54, 1.807) is 26.0 Å². The largest absolute Gasteiger partial charge is 0.359 e. The summed E-state index contributed by atoms with van der Waals surface area (Å²) < 4.78 is 0. The lowest BCUT2D eigenvalue weighted by atomic mass is 10.1. The number of nitrogens with one attached hydrogen (secondary N) is 2. The third kappa shape index (κ3) is 5.46. The van der Waals surface area contributed by atoms with Crippen molar-refractivity contribution < 1.29 is 4.79 Å². The zero-order chi connectivity index (χ0) is 13.5. The first-order valence-electron chi connectivity index (χ1n) is 5.77. The molecule has 0 saturated carbocycles. The van der Waals surface area contributed by atoms with E-state index in [2.05, 4.69) is 15.6 Å². The Morgan fingerprint density at radius 3 is 2.26 bits per heavy atom. The molecule has 2 N–H and O–H groups in total. The summed E-state index contributed by atoms with van der Waals surface area (Å²) in [6.45, 7) is 0.671. The van der Waals surface area contributed by atoms with Gasteiger partial charge in [0.1, 0.15) is 0 Å². The monoisotopic (exact) mass is 376 g/mol. The molecule has 0 bridgehead atoms. The molecule has 0 aliphatic carbocycles. The Kier molecular flexibility index (Phi) is 8.13. The number of benzene rings is 1. The van der Waals surface area contributed by atoms with Gasteiger partial charge in [-0.15, -0.1) is 24.0 Å². The Morgan fingerprint density at radius 2 is 1.84 bits per heavy atom. The molecular weight excluding hydrogens is 355 g/mol. The summed E-state index contributed by atoms with van der Waals surface area (Å²) in [6.07, 6.45) is 0. The van der Waals surface area contributed by atoms with Crippen molar-refractivity contribution in [2.24, 2.45) is 4.99 Å². The summed E-state index contributed by atoms with van der Waals surface area (Å²) in [5.41, 5.74) is 1.79. The Hall–Kier alpha value is -1.31. The second-order valence-corrected chi connectivity index (χ2v) is 4.07. The second kappa shape index (κ2) is 8.73. The first kappa shape index (κ1) is 17.7. The van der Waals surface area contributed by atoms with Crippen LogP contribution in [-0.4, -0.2) is 45.0 Å². The van der Waals surface area contributed by atoms with Crippen molar-refractivity contribution in [2.45, 2.75) is 6.54 Å². The zero-order valence-corrected chi connectivity index (χ0v) is 14.1. The van der Waals surface area contributed by atoms with Crippen molar-refractivity contribution >= 4 is 35.8 Å². The van der Waals surface area contributed by atoms with Crippen LogP contribution in [0, 0.1) is 0 Å². The van der Waals surface area contributed by atoms with E-state index in [4.69, 9.17) is 0 Å². The average Bonchev–Trinajstić information content (AvgIpc) is 2.39. The lowest BCUT2D eigenvalue weighted by molar-refractivity contribution is 0.0827. The highest BCUT2D eigenvalue weighted by Crippen LogP contribution is 2.06. The minimum absolute atomic E-state index is 0. The van der Waals surface area contributed by atoms with Gasteiger partial charge in [0.15, 0.2) is 5.96 Å². The van der Waals surface area contributed by atoms with Crippen LogP contribution in [0.4, 0.5) is 0 Å². The molecule has 106 valence electrons. The Balaban J connectivity index is 0.00000324. The maximum atomic E-state index is 11.7. The third-order valence-corrected chi connectivity index (χ3v) is 2.53. The van der Waals surface area contributed by atoms with Crippen LogP contribution in [0.5, 0.6) is 0 Å². The molecule has 0 aliphatic rings. The molecule has 0 spiro atoms. The first-order valence-corrected chi connectivity index (χ1v) is 5.77. The number of halogens is 1. The van der Waals surface area contributed by atoms with Gasteiger partial charge >= 0.3 is 0 Å². The van der Waals surface area contributed by atoms with Crippen LogP contribution in [0.15, 0.2) is 29.3 Å². The van der Waals surface area contributed by atoms with E-state index >= 15 is 0 Å². The zero-order valence-electron chi connectivity index (χ0n) is 11.7. The molecule has 0 heterocycles. The number of nitrogens with zero attached hydrogens (tertiary/aromatic N) is 2. The van der Waals surface area contributed by atoms with Crippen molar-refractivity contribution in [1.29, 1.82) is 0 Å². The highest BCUT2D eigenvalue weighted by atomic mass is 127. The van der Waals surface area contributed by atoms with Crippen molar-refractivity contribution in [3.63, 3.8) is 0 Å². The van der Waals surface area contributed by atoms with Crippen molar-refractivity contribution in [3.05, 3.63) is 35.4 Å². The molecule has 0 fully saturated rings. The quantitative estimate of drug-likeness (QED) is 0.475. The lowest BCUT2D eigenvalue weighted by Gasteiger charge is -2.11. The Bertz CT molecular complexity index is 429. The summed E-state index contributed by atoms with van der Waals surface area (Å²) in [4.78, 5) is 17.3. The number of hydrogen-bond donors (Lipinski definition) is 2. The number of amides is 1. The molecule has 0 aliphatic heterocycles. The summed E-state index contributed by atoms with van der Waals surface area (Å²) in [5.74, 6) is 0.754. The van der Waals surface area contributed by atoms with E-state index in [1.807, 2.05) is 31.3 Å². The molecule has 19 heavy (non-hydrogen) atoms. The van der Waals surface area contributed by atoms with Gasteiger partial charge in [-0.1, -0.05) is 12.1 Å². The van der Waals surface area contributed by atoms with Gasteiger partial charge in [-0.2, -0.15) is 0 Å². The van der Waals surface area contributed by atoms with E-state index in [1.165, 1.54) is 0 Å². The number of carbonyl (C=O) groups excluding carboxylic acids is 1. The topological polar surface area (TPSA) is 56.7 Å². The van der Waals surface area contributed by atoms with E-state index in [0.717, 1.165) is 11.5 Å². The van der Waals surface area contributed by atoms with Gasteiger partial charge < -0.3 is 15.5 Å². The maximum Gasteiger partial charge on any atom is 0.253 e. The Morgan fingerprint density at radius 1 is 1.26 bits per heavy atom. The lowest BCUT2D eigenvalue weighted by Crippen LogP contribution is -2.34. The van der Waals surface area contributed by atoms with Gasteiger partial charge in [-0.05, 0) is 17.7 Å². The fourth-order valence-corrected chi connectivity index (χ4v) is 1.49. The highest BCUT2D eigenvalue weighted by Gasteiger charge is 2.06. The fraction of sp³-hybridized carbons (Fsp3) is 0.385. The smallest absolute Gasteiger partial charge is 0.253 e. The van der Waals surface area contributed by atoms with E-state index in [-0.39, 0.29) is 29.9 Å². The van der Waals surface area contributed by atoms with Gasteiger partial charge in [0, 0.05) is 40.3 Å². The number of carbonyl (C=O) groups is 1. The molecule has 5 nitrogen and oxygen atoms in total. The molecule has 1 amide bonds. The molecule has 1 rings (SSSR count). The Labute approximate surface area is 131 Å². The molecule has 1 aromatic rings. The number of hydrogen-bond acceptors (Lipinski definition) is 2. The SMILES string of the molecule is CN=C(NC)NCc1ccc(C(=O)N(C)C)cc1.I. The van der Waals surface area contributed by atoms with E-state index < -0.39 is 0 Å². The van der Waals surface area contributed by atoms with Crippen molar-refractivity contribution in [2.75, 3.05) is 28.2 Å². The standard InChI is InChI=1S/C13H20N4O.HI/c1-14-13(15-2)16-9-10-5-7-11(8-6-10)12(18)17(3)4;/h5-8H,9H2,1-4H3,(H2,14,15,16);1H. The molecule has 0 aromatic heterocycles. The van der Waals surface area contributed by atoms with Gasteiger partial charge in [-0.25, -0.2) is 0 Å². The predicted octanol–water partition coefficient (Wildman–Crippen LogP) is 1.30. The molecule has 0 saturated heterocycles. The molecular formula is C13H21IN4O. The molecule has 6 heteroatoms. The van der Waals surface area contributed by atoms with Crippen LogP contribution >= 0.6 is 24.0 Å². The van der Waals surface area contributed by atoms with E-state index in [9.17, 15) is 4.79 Å². The van der Waals surface area contributed by atoms with Gasteiger partial charge in [0.2, 0.25) is 0 Å². The first-order chi connectivity index (χ1) is 8.58. The summed E-state index contributed by atoms with van der Waals surface area (Å²) in [5, 5.41) is 6.09. The van der Waals surface area contributed by atoms with Crippen LogP contribution in [0.25, 0.3) is 0 Å². The van der Waals surface area contributed by atoms with Gasteiger partial charge in [0.05, 0.1) is 0 Å². The summed E-state index contributed by atoms with van der Waals surface area (Å²) in [7, 11) is 7.02. The second-order valence-electron chi connectivity index (χ2n) is 4.07. The minimum atomic E-state index is 0. The molecule has 0 unspecified atom stereocenters. The normalized spacial score (nSPS) is 10.4.